The summed E-state index contributed by atoms with van der Waals surface area (Å²) in [6.07, 6.45) is 0. The van der Waals surface area contributed by atoms with E-state index in [4.69, 9.17) is 19.8 Å². The molecule has 1 atom stereocenters. The molecule has 0 unspecified atom stereocenters. The number of nitrogens with one attached hydrogen (secondary N) is 1. The van der Waals surface area contributed by atoms with Crippen molar-refractivity contribution in [1.82, 2.24) is 9.78 Å². The van der Waals surface area contributed by atoms with Crippen molar-refractivity contribution in [1.29, 1.82) is 0 Å². The Morgan fingerprint density at radius 2 is 1.66 bits per heavy atom. The first kappa shape index (κ1) is 25.3. The average Bonchev–Trinajstić information content (AvgIpc) is 3.33. The molecule has 0 aliphatic carbocycles. The number of ether oxygens (including phenoxy) is 1. The van der Waals surface area contributed by atoms with Crippen molar-refractivity contribution in [3.8, 4) is 11.4 Å². The number of rotatable bonds is 5. The Balaban J connectivity index is 1.45. The number of aliphatic imine (C=N–C) groups is 2. The quantitative estimate of drug-likeness (QED) is 0.220. The van der Waals surface area contributed by atoms with Gasteiger partial charge in [0, 0.05) is 15.7 Å². The van der Waals surface area contributed by atoms with Crippen LogP contribution in [0.25, 0.3) is 5.69 Å². The summed E-state index contributed by atoms with van der Waals surface area (Å²) in [6.45, 7) is 4.66. The van der Waals surface area contributed by atoms with Crippen LogP contribution in [-0.2, 0) is 0 Å². The molecule has 0 spiro atoms. The number of hydrogen-bond donors (Lipinski definition) is 1. The summed E-state index contributed by atoms with van der Waals surface area (Å²) >= 11 is 3.71. The van der Waals surface area contributed by atoms with Gasteiger partial charge in [0.1, 0.15) is 5.75 Å². The Bertz CT molecular complexity index is 1810. The van der Waals surface area contributed by atoms with Gasteiger partial charge in [-0.3, -0.25) is 0 Å². The van der Waals surface area contributed by atoms with Gasteiger partial charge in [0.05, 0.1) is 35.4 Å². The summed E-state index contributed by atoms with van der Waals surface area (Å²) in [5.41, 5.74) is 6.83. The normalized spacial score (nSPS) is 15.3. The molecule has 5 aromatic rings. The van der Waals surface area contributed by atoms with E-state index < -0.39 is 0 Å². The summed E-state index contributed by atoms with van der Waals surface area (Å²) in [5.74, 6) is 3.02. The average molecular weight is 604 g/mol. The highest BCUT2D eigenvalue weighted by Gasteiger charge is 2.41. The fourth-order valence-electron chi connectivity index (χ4n) is 5.48. The molecular weight excluding hydrogens is 576 g/mol. The fourth-order valence-corrected chi connectivity index (χ4v) is 5.89. The number of aryl methyl sites for hydroxylation is 1. The van der Waals surface area contributed by atoms with Gasteiger partial charge in [0.2, 0.25) is 0 Å². The molecule has 2 aliphatic rings. The maximum atomic E-state index is 5.65. The fraction of sp³-hybridized carbons (Fsp3) is 0.121. The lowest BCUT2D eigenvalue weighted by atomic mass is 9.93. The zero-order chi connectivity index (χ0) is 27.9. The van der Waals surface area contributed by atoms with Gasteiger partial charge in [-0.05, 0) is 80.1 Å². The predicted octanol–water partition coefficient (Wildman–Crippen LogP) is 8.14. The molecule has 4 aromatic carbocycles. The van der Waals surface area contributed by atoms with Gasteiger partial charge < -0.3 is 15.0 Å². The van der Waals surface area contributed by atoms with Crippen molar-refractivity contribution in [2.24, 2.45) is 9.98 Å². The van der Waals surface area contributed by atoms with Crippen LogP contribution in [0, 0.1) is 6.92 Å². The van der Waals surface area contributed by atoms with Crippen LogP contribution in [0.1, 0.15) is 29.8 Å². The Labute approximate surface area is 247 Å². The molecule has 0 saturated heterocycles. The number of nitrogens with zero attached hydrogens (tertiary/aromatic N) is 5. The second-order valence-electron chi connectivity index (χ2n) is 9.86. The van der Waals surface area contributed by atoms with Crippen LogP contribution in [0.15, 0.2) is 118 Å². The van der Waals surface area contributed by atoms with Gasteiger partial charge in [-0.2, -0.15) is 5.10 Å². The molecule has 202 valence electrons. The molecule has 0 bridgehead atoms. The third-order valence-electron chi connectivity index (χ3n) is 7.23. The van der Waals surface area contributed by atoms with Crippen LogP contribution in [-0.4, -0.2) is 28.1 Å². The SMILES string of the molecule is CCOc1ccc(NC2=Nc3ccccc3N3C2=Nc2c(c(C)nn2-c2ccccc2)[C@@H]3c2cccc(Br)c2)cc1. The first-order valence-electron chi connectivity index (χ1n) is 13.6. The topological polar surface area (TPSA) is 67.0 Å². The minimum atomic E-state index is -0.179. The van der Waals surface area contributed by atoms with Crippen LogP contribution >= 0.6 is 15.9 Å². The first-order valence-corrected chi connectivity index (χ1v) is 14.4. The molecular formula is C33H27BrN6O. The Hall–Kier alpha value is -4.69. The van der Waals surface area contributed by atoms with E-state index in [0.717, 1.165) is 61.4 Å². The standard InChI is InChI=1S/C33H27BrN6O/c1-3-41-26-18-16-24(17-19-26)35-31-33-37-32-29(21(2)38-40(32)25-12-5-4-6-13-25)30(22-10-9-11-23(34)20-22)39(33)28-15-8-7-14-27(28)36-31/h4-20,30H,3H2,1-2H3,(H,35,36)/t30-/m0/s1. The molecule has 0 fully saturated rings. The van der Waals surface area contributed by atoms with Crippen molar-refractivity contribution in [2.75, 3.05) is 16.8 Å². The number of benzene rings is 4. The number of aromatic nitrogens is 2. The Morgan fingerprint density at radius 1 is 0.878 bits per heavy atom. The predicted molar refractivity (Wildman–Crippen MR) is 169 cm³/mol. The third-order valence-corrected chi connectivity index (χ3v) is 7.72. The van der Waals surface area contributed by atoms with Crippen molar-refractivity contribution >= 4 is 50.5 Å². The second kappa shape index (κ2) is 10.4. The van der Waals surface area contributed by atoms with Crippen LogP contribution in [0.2, 0.25) is 0 Å². The monoisotopic (exact) mass is 602 g/mol. The molecule has 0 radical (unpaired) electrons. The van der Waals surface area contributed by atoms with E-state index >= 15 is 0 Å². The second-order valence-corrected chi connectivity index (χ2v) is 10.8. The van der Waals surface area contributed by atoms with E-state index in [9.17, 15) is 0 Å². The highest BCUT2D eigenvalue weighted by atomic mass is 79.9. The molecule has 3 heterocycles. The number of amidine groups is 2. The lowest BCUT2D eigenvalue weighted by Crippen LogP contribution is -2.46. The largest absolute Gasteiger partial charge is 0.494 e. The van der Waals surface area contributed by atoms with Crippen LogP contribution in [0.4, 0.5) is 22.9 Å². The van der Waals surface area contributed by atoms with E-state index in [1.165, 1.54) is 0 Å². The van der Waals surface area contributed by atoms with Crippen molar-refractivity contribution < 1.29 is 4.74 Å². The molecule has 7 nitrogen and oxygen atoms in total. The van der Waals surface area contributed by atoms with Gasteiger partial charge in [-0.25, -0.2) is 14.7 Å². The van der Waals surface area contributed by atoms with E-state index in [-0.39, 0.29) is 6.04 Å². The smallest absolute Gasteiger partial charge is 0.179 e. The summed E-state index contributed by atoms with van der Waals surface area (Å²) in [7, 11) is 0. The molecule has 7 rings (SSSR count). The van der Waals surface area contributed by atoms with Crippen molar-refractivity contribution in [3.05, 3.63) is 124 Å². The number of anilines is 2. The molecule has 8 heteroatoms. The van der Waals surface area contributed by atoms with Crippen LogP contribution in [0.3, 0.4) is 0 Å². The van der Waals surface area contributed by atoms with Crippen molar-refractivity contribution in [3.63, 3.8) is 0 Å². The number of halogens is 1. The lowest BCUT2D eigenvalue weighted by Gasteiger charge is -2.40. The minimum Gasteiger partial charge on any atom is -0.494 e. The maximum absolute atomic E-state index is 5.65. The van der Waals surface area contributed by atoms with E-state index in [2.05, 4.69) is 69.5 Å². The third kappa shape index (κ3) is 4.50. The molecule has 1 aromatic heterocycles. The molecule has 0 saturated carbocycles. The van der Waals surface area contributed by atoms with Crippen LogP contribution in [0.5, 0.6) is 5.75 Å². The maximum Gasteiger partial charge on any atom is 0.179 e. The van der Waals surface area contributed by atoms with Gasteiger partial charge in [0.25, 0.3) is 0 Å². The van der Waals surface area contributed by atoms with Crippen LogP contribution < -0.4 is 15.0 Å². The molecule has 0 amide bonds. The van der Waals surface area contributed by atoms with Gasteiger partial charge in [-0.1, -0.05) is 58.4 Å². The summed E-state index contributed by atoms with van der Waals surface area (Å²) in [4.78, 5) is 12.7. The van der Waals surface area contributed by atoms with Gasteiger partial charge >= 0.3 is 0 Å². The molecule has 41 heavy (non-hydrogen) atoms. The van der Waals surface area contributed by atoms with Crippen molar-refractivity contribution in [2.45, 2.75) is 19.9 Å². The van der Waals surface area contributed by atoms with E-state index in [0.29, 0.717) is 12.4 Å². The minimum absolute atomic E-state index is 0.179. The van der Waals surface area contributed by atoms with Gasteiger partial charge in [0.15, 0.2) is 17.5 Å². The first-order chi connectivity index (χ1) is 20.1. The zero-order valence-electron chi connectivity index (χ0n) is 22.6. The summed E-state index contributed by atoms with van der Waals surface area (Å²) < 4.78 is 8.60. The number of hydrogen-bond acceptors (Lipinski definition) is 6. The number of para-hydroxylation sites is 3. The van der Waals surface area contributed by atoms with E-state index in [1.807, 2.05) is 78.3 Å². The molecule has 1 N–H and O–H groups in total. The lowest BCUT2D eigenvalue weighted by molar-refractivity contribution is 0.340. The van der Waals surface area contributed by atoms with Gasteiger partial charge in [-0.15, -0.1) is 0 Å². The highest BCUT2D eigenvalue weighted by Crippen LogP contribution is 2.48. The molecule has 2 aliphatic heterocycles. The van der Waals surface area contributed by atoms with E-state index in [1.54, 1.807) is 0 Å². The Kier molecular flexibility index (Phi) is 6.40. The number of fused-ring (bicyclic) bond motifs is 4. The zero-order valence-corrected chi connectivity index (χ0v) is 24.2. The summed E-state index contributed by atoms with van der Waals surface area (Å²) in [5, 5.41) is 8.56. The summed E-state index contributed by atoms with van der Waals surface area (Å²) in [6, 6.07) is 34.5. The Morgan fingerprint density at radius 3 is 2.44 bits per heavy atom. The highest BCUT2D eigenvalue weighted by molar-refractivity contribution is 9.10.